The minimum absolute atomic E-state index is 0.156. The highest BCUT2D eigenvalue weighted by molar-refractivity contribution is 7.90. The second kappa shape index (κ2) is 11.5. The lowest BCUT2D eigenvalue weighted by atomic mass is 9.94. The number of imidazole rings is 1. The third-order valence-electron chi connectivity index (χ3n) is 7.20. The van der Waals surface area contributed by atoms with E-state index in [1.165, 1.54) is 14.8 Å². The summed E-state index contributed by atoms with van der Waals surface area (Å²) in [6.45, 7) is 10.0. The third-order valence-corrected chi connectivity index (χ3v) is 9.12. The number of hydrogen-bond acceptors (Lipinski definition) is 6. The van der Waals surface area contributed by atoms with Crippen LogP contribution in [0.25, 0.3) is 11.0 Å². The van der Waals surface area contributed by atoms with Gasteiger partial charge in [0.15, 0.2) is 0 Å². The maximum Gasteiger partial charge on any atom is 0.321 e. The van der Waals surface area contributed by atoms with Crippen molar-refractivity contribution in [2.75, 3.05) is 57.8 Å². The first-order chi connectivity index (χ1) is 18.0. The molecular formula is C26H41N7O4S. The Morgan fingerprint density at radius 2 is 1.84 bits per heavy atom. The molecule has 1 aromatic heterocycles. The van der Waals surface area contributed by atoms with Crippen LogP contribution in [0, 0.1) is 5.92 Å². The zero-order valence-corrected chi connectivity index (χ0v) is 23.9. The lowest BCUT2D eigenvalue weighted by Gasteiger charge is -2.36. The van der Waals surface area contributed by atoms with E-state index >= 15 is 0 Å². The average molecular weight is 548 g/mol. The molecule has 0 aliphatic carbocycles. The molecule has 2 fully saturated rings. The molecular weight excluding hydrogens is 506 g/mol. The second-order valence-electron chi connectivity index (χ2n) is 11.0. The highest BCUT2D eigenvalue weighted by Gasteiger charge is 2.32. The van der Waals surface area contributed by atoms with Crippen molar-refractivity contribution < 1.29 is 17.9 Å². The fourth-order valence-electron chi connectivity index (χ4n) is 4.97. The first kappa shape index (κ1) is 28.2. The van der Waals surface area contributed by atoms with Gasteiger partial charge < -0.3 is 24.8 Å². The SMILES string of the molecule is CN/C=C\NC(=O)N1CCN(S(=O)(=O)N(C)c2ccc3c(c2)nc(C(C)(C)C)n3CC2CCOCC2)CC1. The molecule has 2 aliphatic heterocycles. The van der Waals surface area contributed by atoms with E-state index in [9.17, 15) is 13.2 Å². The van der Waals surface area contributed by atoms with Crippen LogP contribution in [0.5, 0.6) is 0 Å². The van der Waals surface area contributed by atoms with Gasteiger partial charge in [-0.3, -0.25) is 4.31 Å². The van der Waals surface area contributed by atoms with E-state index in [-0.39, 0.29) is 24.5 Å². The van der Waals surface area contributed by atoms with Crippen molar-refractivity contribution in [3.05, 3.63) is 36.4 Å². The Morgan fingerprint density at radius 3 is 2.47 bits per heavy atom. The van der Waals surface area contributed by atoms with Crippen LogP contribution in [0.3, 0.4) is 0 Å². The Labute approximate surface area is 226 Å². The molecule has 2 aliphatic rings. The summed E-state index contributed by atoms with van der Waals surface area (Å²) >= 11 is 0. The first-order valence-corrected chi connectivity index (χ1v) is 14.6. The monoisotopic (exact) mass is 547 g/mol. The van der Waals surface area contributed by atoms with E-state index in [0.717, 1.165) is 49.5 Å². The van der Waals surface area contributed by atoms with E-state index in [0.29, 0.717) is 24.7 Å². The Hall–Kier alpha value is -2.83. The van der Waals surface area contributed by atoms with Gasteiger partial charge in [-0.15, -0.1) is 0 Å². The summed E-state index contributed by atoms with van der Waals surface area (Å²) in [5.74, 6) is 1.53. The number of fused-ring (bicyclic) bond motifs is 1. The molecule has 2 N–H and O–H groups in total. The third kappa shape index (κ3) is 6.08. The Balaban J connectivity index is 1.52. The minimum atomic E-state index is -3.77. The van der Waals surface area contributed by atoms with Crippen molar-refractivity contribution in [2.45, 2.75) is 45.6 Å². The van der Waals surface area contributed by atoms with E-state index < -0.39 is 10.2 Å². The van der Waals surface area contributed by atoms with E-state index in [4.69, 9.17) is 9.72 Å². The molecule has 2 aromatic rings. The normalized spacial score (nSPS) is 18.3. The molecule has 12 heteroatoms. The van der Waals surface area contributed by atoms with Crippen LogP contribution in [0.2, 0.25) is 0 Å². The summed E-state index contributed by atoms with van der Waals surface area (Å²) in [6, 6.07) is 5.45. The number of amides is 2. The number of piperazine rings is 1. The van der Waals surface area contributed by atoms with E-state index in [2.05, 4.69) is 36.0 Å². The lowest BCUT2D eigenvalue weighted by Crippen LogP contribution is -2.55. The molecule has 0 saturated carbocycles. The topological polar surface area (TPSA) is 112 Å². The number of aromatic nitrogens is 2. The summed E-state index contributed by atoms with van der Waals surface area (Å²) in [4.78, 5) is 18.9. The van der Waals surface area contributed by atoms with Crippen molar-refractivity contribution >= 4 is 33.0 Å². The maximum atomic E-state index is 13.5. The zero-order chi connectivity index (χ0) is 27.5. The average Bonchev–Trinajstić information content (AvgIpc) is 3.27. The quantitative estimate of drug-likeness (QED) is 0.551. The molecule has 4 rings (SSSR count). The highest BCUT2D eigenvalue weighted by Crippen LogP contribution is 2.32. The van der Waals surface area contributed by atoms with E-state index in [1.54, 1.807) is 25.2 Å². The smallest absolute Gasteiger partial charge is 0.321 e. The van der Waals surface area contributed by atoms with Crippen molar-refractivity contribution in [2.24, 2.45) is 5.92 Å². The van der Waals surface area contributed by atoms with Crippen LogP contribution >= 0.6 is 0 Å². The number of rotatable bonds is 7. The van der Waals surface area contributed by atoms with Crippen molar-refractivity contribution in [1.82, 2.24) is 29.4 Å². The second-order valence-corrected chi connectivity index (χ2v) is 12.9. The van der Waals surface area contributed by atoms with Gasteiger partial charge in [-0.1, -0.05) is 20.8 Å². The van der Waals surface area contributed by atoms with Crippen LogP contribution < -0.4 is 14.9 Å². The predicted molar refractivity (Wildman–Crippen MR) is 149 cm³/mol. The molecule has 1 aromatic carbocycles. The summed E-state index contributed by atoms with van der Waals surface area (Å²) in [5, 5.41) is 5.47. The summed E-state index contributed by atoms with van der Waals surface area (Å²) in [5.41, 5.74) is 2.21. The fraction of sp³-hybridized carbons (Fsp3) is 0.615. The molecule has 0 bridgehead atoms. The number of carbonyl (C=O) groups is 1. The molecule has 3 heterocycles. The number of nitrogens with zero attached hydrogens (tertiary/aromatic N) is 5. The summed E-state index contributed by atoms with van der Waals surface area (Å²) in [7, 11) is -0.462. The molecule has 2 saturated heterocycles. The van der Waals surface area contributed by atoms with Crippen LogP contribution in [0.15, 0.2) is 30.6 Å². The Bertz CT molecular complexity index is 1250. The van der Waals surface area contributed by atoms with Gasteiger partial charge in [-0.05, 0) is 37.0 Å². The van der Waals surface area contributed by atoms with Crippen LogP contribution in [0.1, 0.15) is 39.4 Å². The highest BCUT2D eigenvalue weighted by atomic mass is 32.2. The van der Waals surface area contributed by atoms with Gasteiger partial charge in [-0.25, -0.2) is 9.78 Å². The van der Waals surface area contributed by atoms with Crippen LogP contribution in [0.4, 0.5) is 10.5 Å². The van der Waals surface area contributed by atoms with Gasteiger partial charge in [0.05, 0.1) is 16.7 Å². The van der Waals surface area contributed by atoms with Crippen molar-refractivity contribution in [1.29, 1.82) is 0 Å². The predicted octanol–water partition coefficient (Wildman–Crippen LogP) is 2.46. The van der Waals surface area contributed by atoms with Crippen LogP contribution in [-0.2, 0) is 26.9 Å². The fourth-order valence-corrected chi connectivity index (χ4v) is 6.33. The number of anilines is 1. The number of nitrogens with one attached hydrogen (secondary N) is 2. The van der Waals surface area contributed by atoms with Gasteiger partial charge in [0.1, 0.15) is 5.82 Å². The zero-order valence-electron chi connectivity index (χ0n) is 23.1. The molecule has 2 amide bonds. The van der Waals surface area contributed by atoms with Crippen LogP contribution in [-0.4, -0.2) is 86.7 Å². The van der Waals surface area contributed by atoms with Gasteiger partial charge in [0, 0.05) is 77.8 Å². The summed E-state index contributed by atoms with van der Waals surface area (Å²) in [6.07, 6.45) is 5.20. The lowest BCUT2D eigenvalue weighted by molar-refractivity contribution is 0.0611. The van der Waals surface area contributed by atoms with Gasteiger partial charge in [0.25, 0.3) is 0 Å². The maximum absolute atomic E-state index is 13.5. The number of benzene rings is 1. The first-order valence-electron chi connectivity index (χ1n) is 13.2. The van der Waals surface area contributed by atoms with E-state index in [1.807, 2.05) is 18.2 Å². The molecule has 0 unspecified atom stereocenters. The number of ether oxygens (including phenoxy) is 1. The molecule has 0 spiro atoms. The Morgan fingerprint density at radius 1 is 1.16 bits per heavy atom. The molecule has 38 heavy (non-hydrogen) atoms. The molecule has 11 nitrogen and oxygen atoms in total. The number of urea groups is 1. The van der Waals surface area contributed by atoms with Gasteiger partial charge in [0.2, 0.25) is 0 Å². The Kier molecular flexibility index (Phi) is 8.53. The van der Waals surface area contributed by atoms with Gasteiger partial charge in [-0.2, -0.15) is 12.7 Å². The number of carbonyl (C=O) groups excluding carboxylic acids is 1. The number of hydrogen-bond donors (Lipinski definition) is 2. The molecule has 210 valence electrons. The van der Waals surface area contributed by atoms with Crippen molar-refractivity contribution in [3.63, 3.8) is 0 Å². The van der Waals surface area contributed by atoms with Gasteiger partial charge >= 0.3 is 16.2 Å². The minimum Gasteiger partial charge on any atom is -0.393 e. The standard InChI is InChI=1S/C26H41N7O4S/c1-26(2,3)24-29-22-18-21(6-7-23(22)33(24)19-20-8-16-37-17-9-20)30(5)38(35,36)32-14-12-31(13-15-32)25(34)28-11-10-27-4/h6-7,10-11,18,20,27H,8-9,12-17,19H2,1-5H3,(H,28,34)/b11-10-. The van der Waals surface area contributed by atoms with Crippen molar-refractivity contribution in [3.8, 4) is 0 Å². The molecule has 0 radical (unpaired) electrons. The molecule has 0 atom stereocenters. The largest absolute Gasteiger partial charge is 0.393 e. The summed E-state index contributed by atoms with van der Waals surface area (Å²) < 4.78 is 37.5.